The van der Waals surface area contributed by atoms with Crippen molar-refractivity contribution in [1.82, 2.24) is 4.98 Å². The van der Waals surface area contributed by atoms with E-state index in [1.165, 1.54) is 18.3 Å². The largest absolute Gasteiger partial charge is 0.294 e. The summed E-state index contributed by atoms with van der Waals surface area (Å²) in [5.41, 5.74) is 0.844. The summed E-state index contributed by atoms with van der Waals surface area (Å²) in [6, 6.07) is 6.97. The fourth-order valence-electron chi connectivity index (χ4n) is 1.47. The van der Waals surface area contributed by atoms with E-state index in [2.05, 4.69) is 9.71 Å². The number of ketones is 1. The van der Waals surface area contributed by atoms with Crippen LogP contribution in [-0.4, -0.2) is 25.4 Å². The van der Waals surface area contributed by atoms with Gasteiger partial charge in [0.1, 0.15) is 5.82 Å². The van der Waals surface area contributed by atoms with E-state index in [-0.39, 0.29) is 11.6 Å². The lowest BCUT2D eigenvalue weighted by Crippen LogP contribution is -2.10. The first-order valence-corrected chi connectivity index (χ1v) is 8.11. The normalized spacial score (nSPS) is 11.3. The molecule has 0 aliphatic heterocycles. The molecule has 0 unspecified atom stereocenters. The van der Waals surface area contributed by atoms with Crippen LogP contribution in [0.3, 0.4) is 0 Å². The predicted octanol–water partition coefficient (Wildman–Crippen LogP) is 2.38. The highest BCUT2D eigenvalue weighted by molar-refractivity contribution is 7.92. The Bertz CT molecular complexity index is 703. The smallest absolute Gasteiger partial charge is 0.230 e. The molecule has 0 saturated carbocycles. The number of hydrogen-bond donors (Lipinski definition) is 1. The molecule has 0 aromatic carbocycles. The molecule has 2 rings (SSSR count). The van der Waals surface area contributed by atoms with Gasteiger partial charge in [0.2, 0.25) is 10.0 Å². The number of rotatable bonds is 4. The topological polar surface area (TPSA) is 76.1 Å². The van der Waals surface area contributed by atoms with Crippen LogP contribution < -0.4 is 4.72 Å². The predicted molar refractivity (Wildman–Crippen MR) is 76.0 cm³/mol. The van der Waals surface area contributed by atoms with E-state index in [9.17, 15) is 13.2 Å². The molecule has 5 nitrogen and oxygen atoms in total. The van der Waals surface area contributed by atoms with Gasteiger partial charge in [-0.3, -0.25) is 9.52 Å². The van der Waals surface area contributed by atoms with Gasteiger partial charge >= 0.3 is 0 Å². The molecular weight excluding hydrogens is 284 g/mol. The van der Waals surface area contributed by atoms with E-state index in [0.29, 0.717) is 4.88 Å². The van der Waals surface area contributed by atoms with E-state index in [1.807, 2.05) is 6.07 Å². The zero-order valence-electron chi connectivity index (χ0n) is 10.4. The van der Waals surface area contributed by atoms with Crippen LogP contribution in [0.4, 0.5) is 5.82 Å². The first-order chi connectivity index (χ1) is 8.85. The van der Waals surface area contributed by atoms with Crippen molar-refractivity contribution < 1.29 is 13.2 Å². The molecule has 2 heterocycles. The molecule has 2 aromatic heterocycles. The van der Waals surface area contributed by atoms with Gasteiger partial charge in [-0.1, -0.05) is 0 Å². The molecule has 0 atom stereocenters. The van der Waals surface area contributed by atoms with Crippen LogP contribution in [0.25, 0.3) is 10.4 Å². The molecule has 0 spiro atoms. The quantitative estimate of drug-likeness (QED) is 0.879. The highest BCUT2D eigenvalue weighted by Gasteiger charge is 2.07. The van der Waals surface area contributed by atoms with Crippen LogP contribution in [0.2, 0.25) is 0 Å². The van der Waals surface area contributed by atoms with Gasteiger partial charge in [-0.25, -0.2) is 13.4 Å². The average Bonchev–Trinajstić information content (AvgIpc) is 2.77. The Morgan fingerprint density at radius 3 is 2.47 bits per heavy atom. The lowest BCUT2D eigenvalue weighted by Gasteiger charge is -2.03. The molecule has 2 aromatic rings. The third kappa shape index (κ3) is 3.62. The summed E-state index contributed by atoms with van der Waals surface area (Å²) in [4.78, 5) is 16.9. The number of pyridine rings is 1. The molecule has 0 fully saturated rings. The number of anilines is 1. The van der Waals surface area contributed by atoms with E-state index < -0.39 is 10.0 Å². The summed E-state index contributed by atoms with van der Waals surface area (Å²) >= 11 is 1.38. The fourth-order valence-corrected chi connectivity index (χ4v) is 2.86. The van der Waals surface area contributed by atoms with Gasteiger partial charge in [0.05, 0.1) is 11.1 Å². The summed E-state index contributed by atoms with van der Waals surface area (Å²) in [7, 11) is -3.32. The van der Waals surface area contributed by atoms with E-state index in [1.54, 1.807) is 24.4 Å². The van der Waals surface area contributed by atoms with Gasteiger partial charge in [0.25, 0.3) is 0 Å². The number of Topliss-reactive ketones (excluding diaryl/α,β-unsaturated/α-hetero) is 1. The second-order valence-corrected chi connectivity index (χ2v) is 6.86. The standard InChI is InChI=1S/C12H12N2O3S2/c1-8(15)10-4-5-11(18-10)9-3-6-12(13-7-9)14-19(2,16)17/h3-7H,1-2H3,(H,13,14). The van der Waals surface area contributed by atoms with Crippen molar-refractivity contribution in [1.29, 1.82) is 0 Å². The molecule has 0 bridgehead atoms. The van der Waals surface area contributed by atoms with Crippen LogP contribution in [0.1, 0.15) is 16.6 Å². The van der Waals surface area contributed by atoms with Crippen molar-refractivity contribution in [2.45, 2.75) is 6.92 Å². The van der Waals surface area contributed by atoms with Crippen LogP contribution in [0.5, 0.6) is 0 Å². The molecule has 0 aliphatic carbocycles. The number of nitrogens with zero attached hydrogens (tertiary/aromatic N) is 1. The van der Waals surface area contributed by atoms with Crippen molar-refractivity contribution in [3.63, 3.8) is 0 Å². The highest BCUT2D eigenvalue weighted by Crippen LogP contribution is 2.28. The third-order valence-electron chi connectivity index (χ3n) is 2.29. The van der Waals surface area contributed by atoms with Crippen LogP contribution >= 0.6 is 11.3 Å². The van der Waals surface area contributed by atoms with E-state index >= 15 is 0 Å². The Morgan fingerprint density at radius 2 is 2.00 bits per heavy atom. The minimum Gasteiger partial charge on any atom is -0.294 e. The van der Waals surface area contributed by atoms with Gasteiger partial charge in [0.15, 0.2) is 5.78 Å². The number of aromatic nitrogens is 1. The van der Waals surface area contributed by atoms with Crippen LogP contribution in [-0.2, 0) is 10.0 Å². The van der Waals surface area contributed by atoms with Gasteiger partial charge in [-0.2, -0.15) is 0 Å². The number of hydrogen-bond acceptors (Lipinski definition) is 5. The Balaban J connectivity index is 2.24. The maximum atomic E-state index is 11.2. The monoisotopic (exact) mass is 296 g/mol. The Morgan fingerprint density at radius 1 is 1.26 bits per heavy atom. The number of nitrogens with one attached hydrogen (secondary N) is 1. The van der Waals surface area contributed by atoms with E-state index in [0.717, 1.165) is 16.7 Å². The lowest BCUT2D eigenvalue weighted by atomic mass is 10.2. The minimum absolute atomic E-state index is 0.0274. The molecule has 100 valence electrons. The van der Waals surface area contributed by atoms with Crippen molar-refractivity contribution in [2.75, 3.05) is 11.0 Å². The van der Waals surface area contributed by atoms with Crippen LogP contribution in [0.15, 0.2) is 30.5 Å². The second kappa shape index (κ2) is 5.10. The summed E-state index contributed by atoms with van der Waals surface area (Å²) in [6.07, 6.45) is 2.64. The van der Waals surface area contributed by atoms with Crippen molar-refractivity contribution in [3.05, 3.63) is 35.3 Å². The minimum atomic E-state index is -3.32. The summed E-state index contributed by atoms with van der Waals surface area (Å²) in [5.74, 6) is 0.300. The Kier molecular flexibility index (Phi) is 3.68. The third-order valence-corrected chi connectivity index (χ3v) is 4.11. The van der Waals surface area contributed by atoms with Crippen molar-refractivity contribution in [2.24, 2.45) is 0 Å². The summed E-state index contributed by atoms with van der Waals surface area (Å²) in [6.45, 7) is 1.52. The first-order valence-electron chi connectivity index (χ1n) is 5.40. The average molecular weight is 296 g/mol. The molecule has 7 heteroatoms. The number of carbonyl (C=O) groups is 1. The Labute approximate surface area is 115 Å². The Hall–Kier alpha value is -1.73. The highest BCUT2D eigenvalue weighted by atomic mass is 32.2. The van der Waals surface area contributed by atoms with Crippen molar-refractivity contribution >= 4 is 33.0 Å². The number of carbonyl (C=O) groups excluding carboxylic acids is 1. The molecule has 0 saturated heterocycles. The SMILES string of the molecule is CC(=O)c1ccc(-c2ccc(NS(C)(=O)=O)nc2)s1. The summed E-state index contributed by atoms with van der Waals surface area (Å²) < 4.78 is 24.4. The number of thiophene rings is 1. The molecule has 0 amide bonds. The van der Waals surface area contributed by atoms with Gasteiger partial charge in [0, 0.05) is 16.6 Å². The zero-order chi connectivity index (χ0) is 14.0. The fraction of sp³-hybridized carbons (Fsp3) is 0.167. The maximum Gasteiger partial charge on any atom is 0.230 e. The zero-order valence-corrected chi connectivity index (χ0v) is 12.0. The molecule has 1 N–H and O–H groups in total. The van der Waals surface area contributed by atoms with Gasteiger partial charge < -0.3 is 0 Å². The first kappa shape index (κ1) is 13.7. The second-order valence-electron chi connectivity index (χ2n) is 4.03. The van der Waals surface area contributed by atoms with Gasteiger partial charge in [-0.05, 0) is 31.2 Å². The molecule has 19 heavy (non-hydrogen) atoms. The molecule has 0 aliphatic rings. The van der Waals surface area contributed by atoms with Gasteiger partial charge in [-0.15, -0.1) is 11.3 Å². The lowest BCUT2D eigenvalue weighted by molar-refractivity contribution is 0.102. The summed E-state index contributed by atoms with van der Waals surface area (Å²) in [5, 5.41) is 0. The van der Waals surface area contributed by atoms with Crippen LogP contribution in [0, 0.1) is 0 Å². The maximum absolute atomic E-state index is 11.2. The van der Waals surface area contributed by atoms with E-state index in [4.69, 9.17) is 0 Å². The number of sulfonamides is 1. The molecule has 0 radical (unpaired) electrons. The molecular formula is C12H12N2O3S2. The van der Waals surface area contributed by atoms with Crippen molar-refractivity contribution in [3.8, 4) is 10.4 Å².